The molecule has 6 nitrogen and oxygen atoms in total. The second-order valence-electron chi connectivity index (χ2n) is 8.02. The number of hydrogen-bond acceptors (Lipinski definition) is 2. The lowest BCUT2D eigenvalue weighted by atomic mass is 9.99. The Kier molecular flexibility index (Phi) is 6.40. The molecule has 1 atom stereocenters. The van der Waals surface area contributed by atoms with Crippen molar-refractivity contribution in [3.8, 4) is 0 Å². The van der Waals surface area contributed by atoms with Crippen LogP contribution in [0.2, 0.25) is 0 Å². The number of amides is 2. The molecule has 0 radical (unpaired) electrons. The zero-order chi connectivity index (χ0) is 22.5. The second-order valence-corrected chi connectivity index (χ2v) is 8.02. The minimum Gasteiger partial charge on any atom is -0.361 e. The summed E-state index contributed by atoms with van der Waals surface area (Å²) in [5.74, 6) is -0.104. The number of nitrogens with zero attached hydrogens (tertiary/aromatic N) is 2. The second kappa shape index (κ2) is 9.56. The maximum absolute atomic E-state index is 13.3. The molecular weight excluding hydrogens is 400 g/mol. The Morgan fingerprint density at radius 3 is 2.62 bits per heavy atom. The summed E-state index contributed by atoms with van der Waals surface area (Å²) in [4.78, 5) is 30.6. The van der Waals surface area contributed by atoms with E-state index in [0.717, 1.165) is 29.3 Å². The SMILES string of the molecule is CN(C(=O)c1ccc2[nH]ccc2c1)C(CCCNC(=O)c1cccn1C)c1ccccc1. The summed E-state index contributed by atoms with van der Waals surface area (Å²) in [5, 5.41) is 4.00. The highest BCUT2D eigenvalue weighted by atomic mass is 16.2. The monoisotopic (exact) mass is 428 g/mol. The van der Waals surface area contributed by atoms with Crippen molar-refractivity contribution in [2.24, 2.45) is 7.05 Å². The van der Waals surface area contributed by atoms with E-state index in [1.54, 1.807) is 10.6 Å². The molecule has 0 fully saturated rings. The minimum absolute atomic E-state index is 0.0187. The molecule has 0 aliphatic carbocycles. The van der Waals surface area contributed by atoms with Gasteiger partial charge in [-0.1, -0.05) is 30.3 Å². The van der Waals surface area contributed by atoms with Crippen molar-refractivity contribution in [3.63, 3.8) is 0 Å². The van der Waals surface area contributed by atoms with Crippen molar-refractivity contribution in [3.05, 3.63) is 95.9 Å². The van der Waals surface area contributed by atoms with Gasteiger partial charge in [0.1, 0.15) is 5.69 Å². The first-order chi connectivity index (χ1) is 15.5. The van der Waals surface area contributed by atoms with Gasteiger partial charge in [-0.05, 0) is 54.8 Å². The Balaban J connectivity index is 1.44. The zero-order valence-electron chi connectivity index (χ0n) is 18.4. The lowest BCUT2D eigenvalue weighted by Crippen LogP contribution is -2.32. The molecular formula is C26H28N4O2. The number of aromatic amines is 1. The Bertz CT molecular complexity index is 1210. The third kappa shape index (κ3) is 4.59. The number of H-pyrrole nitrogens is 1. The molecule has 0 aliphatic heterocycles. The average Bonchev–Trinajstić information content (AvgIpc) is 3.46. The number of nitrogens with one attached hydrogen (secondary N) is 2. The highest BCUT2D eigenvalue weighted by molar-refractivity contribution is 5.98. The van der Waals surface area contributed by atoms with Gasteiger partial charge in [0.15, 0.2) is 0 Å². The first kappa shape index (κ1) is 21.4. The van der Waals surface area contributed by atoms with Crippen molar-refractivity contribution < 1.29 is 9.59 Å². The summed E-state index contributed by atoms with van der Waals surface area (Å²) in [6.07, 6.45) is 5.22. The maximum Gasteiger partial charge on any atom is 0.267 e. The molecule has 4 rings (SSSR count). The van der Waals surface area contributed by atoms with Crippen molar-refractivity contribution >= 4 is 22.7 Å². The van der Waals surface area contributed by atoms with Gasteiger partial charge in [0.05, 0.1) is 6.04 Å². The Hall–Kier alpha value is -3.80. The number of aromatic nitrogens is 2. The molecule has 0 saturated heterocycles. The number of hydrogen-bond donors (Lipinski definition) is 2. The van der Waals surface area contributed by atoms with Gasteiger partial charge in [-0.15, -0.1) is 0 Å². The number of rotatable bonds is 8. The predicted molar refractivity (Wildman–Crippen MR) is 127 cm³/mol. The number of carbonyl (C=O) groups is 2. The van der Waals surface area contributed by atoms with E-state index in [1.165, 1.54) is 0 Å². The van der Waals surface area contributed by atoms with Crippen molar-refractivity contribution in [2.75, 3.05) is 13.6 Å². The molecule has 6 heteroatoms. The van der Waals surface area contributed by atoms with E-state index in [4.69, 9.17) is 0 Å². The third-order valence-electron chi connectivity index (χ3n) is 5.89. The van der Waals surface area contributed by atoms with Crippen molar-refractivity contribution in [1.29, 1.82) is 0 Å². The molecule has 2 N–H and O–H groups in total. The molecule has 1 unspecified atom stereocenters. The molecule has 32 heavy (non-hydrogen) atoms. The van der Waals surface area contributed by atoms with E-state index >= 15 is 0 Å². The standard InChI is InChI=1S/C26H28N4O2/c1-29-17-7-11-24(29)25(31)28-15-6-10-23(19-8-4-3-5-9-19)30(2)26(32)21-12-13-22-20(18-21)14-16-27-22/h3-5,7-9,11-14,16-18,23,27H,6,10,15H2,1-2H3,(H,28,31). The van der Waals surface area contributed by atoms with Gasteiger partial charge in [0, 0.05) is 49.5 Å². The van der Waals surface area contributed by atoms with Gasteiger partial charge in [-0.2, -0.15) is 0 Å². The third-order valence-corrected chi connectivity index (χ3v) is 5.89. The van der Waals surface area contributed by atoms with E-state index in [1.807, 2.05) is 92.1 Å². The fourth-order valence-electron chi connectivity index (χ4n) is 4.08. The summed E-state index contributed by atoms with van der Waals surface area (Å²) in [5.41, 5.74) is 3.40. The van der Waals surface area contributed by atoms with Crippen LogP contribution in [0.4, 0.5) is 0 Å². The number of aryl methyl sites for hydroxylation is 1. The largest absolute Gasteiger partial charge is 0.361 e. The van der Waals surface area contributed by atoms with Crippen LogP contribution in [-0.4, -0.2) is 39.9 Å². The molecule has 2 aromatic heterocycles. The molecule has 0 aliphatic rings. The van der Waals surface area contributed by atoms with E-state index < -0.39 is 0 Å². The first-order valence-electron chi connectivity index (χ1n) is 10.8. The van der Waals surface area contributed by atoms with Crippen LogP contribution in [0.1, 0.15) is 45.3 Å². The summed E-state index contributed by atoms with van der Waals surface area (Å²) in [6, 6.07) is 21.3. The molecule has 0 bridgehead atoms. The quantitative estimate of drug-likeness (QED) is 0.405. The van der Waals surface area contributed by atoms with Crippen LogP contribution < -0.4 is 5.32 Å². The molecule has 0 spiro atoms. The molecule has 2 amide bonds. The summed E-state index contributed by atoms with van der Waals surface area (Å²) in [7, 11) is 3.70. The van der Waals surface area contributed by atoms with Gasteiger partial charge in [-0.25, -0.2) is 0 Å². The normalized spacial score (nSPS) is 11.9. The molecule has 164 valence electrons. The van der Waals surface area contributed by atoms with Gasteiger partial charge in [-0.3, -0.25) is 9.59 Å². The molecule has 0 saturated carbocycles. The Morgan fingerprint density at radius 2 is 1.88 bits per heavy atom. The van der Waals surface area contributed by atoms with Gasteiger partial charge >= 0.3 is 0 Å². The predicted octanol–water partition coefficient (Wildman–Crippen LogP) is 4.53. The average molecular weight is 429 g/mol. The van der Waals surface area contributed by atoms with E-state index in [2.05, 4.69) is 10.3 Å². The van der Waals surface area contributed by atoms with Crippen LogP contribution in [-0.2, 0) is 7.05 Å². The first-order valence-corrected chi connectivity index (χ1v) is 10.8. The molecule has 4 aromatic rings. The van der Waals surface area contributed by atoms with Crippen LogP contribution in [0.15, 0.2) is 79.1 Å². The molecule has 2 heterocycles. The summed E-state index contributed by atoms with van der Waals surface area (Å²) >= 11 is 0. The topological polar surface area (TPSA) is 70.1 Å². The number of fused-ring (bicyclic) bond motifs is 1. The van der Waals surface area contributed by atoms with E-state index in [-0.39, 0.29) is 17.9 Å². The van der Waals surface area contributed by atoms with E-state index in [9.17, 15) is 9.59 Å². The fourth-order valence-corrected chi connectivity index (χ4v) is 4.08. The Labute approximate surface area is 187 Å². The Morgan fingerprint density at radius 1 is 1.06 bits per heavy atom. The lowest BCUT2D eigenvalue weighted by molar-refractivity contribution is 0.0719. The van der Waals surface area contributed by atoms with Crippen LogP contribution in [0.25, 0.3) is 10.9 Å². The van der Waals surface area contributed by atoms with Crippen LogP contribution in [0, 0.1) is 0 Å². The smallest absolute Gasteiger partial charge is 0.267 e. The van der Waals surface area contributed by atoms with Crippen LogP contribution in [0.3, 0.4) is 0 Å². The summed E-state index contributed by atoms with van der Waals surface area (Å²) < 4.78 is 1.80. The van der Waals surface area contributed by atoms with Gasteiger partial charge in [0.25, 0.3) is 11.8 Å². The van der Waals surface area contributed by atoms with Crippen molar-refractivity contribution in [1.82, 2.24) is 19.8 Å². The van der Waals surface area contributed by atoms with Crippen molar-refractivity contribution in [2.45, 2.75) is 18.9 Å². The maximum atomic E-state index is 13.3. The lowest BCUT2D eigenvalue weighted by Gasteiger charge is -2.29. The van der Waals surface area contributed by atoms with Crippen LogP contribution in [0.5, 0.6) is 0 Å². The minimum atomic E-state index is -0.0856. The van der Waals surface area contributed by atoms with Crippen LogP contribution >= 0.6 is 0 Å². The highest BCUT2D eigenvalue weighted by Gasteiger charge is 2.23. The van der Waals surface area contributed by atoms with Gasteiger partial charge in [0.2, 0.25) is 0 Å². The zero-order valence-corrected chi connectivity index (χ0v) is 18.4. The molecule has 2 aromatic carbocycles. The van der Waals surface area contributed by atoms with E-state index in [0.29, 0.717) is 17.8 Å². The summed E-state index contributed by atoms with van der Waals surface area (Å²) in [6.45, 7) is 0.546. The number of carbonyl (C=O) groups excluding carboxylic acids is 2. The van der Waals surface area contributed by atoms with Gasteiger partial charge < -0.3 is 19.8 Å². The fraction of sp³-hybridized carbons (Fsp3) is 0.231. The highest BCUT2D eigenvalue weighted by Crippen LogP contribution is 2.26. The number of benzene rings is 2.